The predicted octanol–water partition coefficient (Wildman–Crippen LogP) is 3.57. The van der Waals surface area contributed by atoms with Gasteiger partial charge in [-0.15, -0.1) is 0 Å². The van der Waals surface area contributed by atoms with Gasteiger partial charge in [-0.25, -0.2) is 5.48 Å². The number of nitrogens with zero attached hydrogens (tertiary/aromatic N) is 2. The van der Waals surface area contributed by atoms with Crippen LogP contribution >= 0.6 is 0 Å². The monoisotopic (exact) mass is 488 g/mol. The number of amides is 2. The number of hydrogen-bond acceptors (Lipinski definition) is 6. The van der Waals surface area contributed by atoms with E-state index in [1.807, 2.05) is 61.5 Å². The van der Waals surface area contributed by atoms with Gasteiger partial charge in [-0.05, 0) is 56.0 Å². The second-order valence-corrected chi connectivity index (χ2v) is 9.91. The van der Waals surface area contributed by atoms with Crippen LogP contribution in [-0.2, 0) is 21.7 Å². The number of benzene rings is 2. The van der Waals surface area contributed by atoms with Gasteiger partial charge < -0.3 is 15.4 Å². The molecule has 2 fully saturated rings. The minimum atomic E-state index is -1.14. The van der Waals surface area contributed by atoms with Crippen molar-refractivity contribution in [3.8, 4) is 5.75 Å². The Balaban J connectivity index is 1.30. The Kier molecular flexibility index (Phi) is 6.64. The quantitative estimate of drug-likeness (QED) is 0.361. The van der Waals surface area contributed by atoms with Crippen molar-refractivity contribution in [2.24, 2.45) is 11.7 Å². The Morgan fingerprint density at radius 2 is 1.94 bits per heavy atom. The third-order valence-corrected chi connectivity index (χ3v) is 7.66. The lowest BCUT2D eigenvalue weighted by molar-refractivity contribution is -0.142. The summed E-state index contributed by atoms with van der Waals surface area (Å²) in [4.78, 5) is 32.1. The first kappa shape index (κ1) is 24.2. The summed E-state index contributed by atoms with van der Waals surface area (Å²) < 4.78 is 6.07. The van der Waals surface area contributed by atoms with E-state index in [0.29, 0.717) is 31.7 Å². The van der Waals surface area contributed by atoms with Crippen molar-refractivity contribution in [3.63, 3.8) is 0 Å². The van der Waals surface area contributed by atoms with Crippen molar-refractivity contribution in [3.05, 3.63) is 71.4 Å². The Hall–Kier alpha value is -3.49. The molecule has 2 amide bonds. The van der Waals surface area contributed by atoms with E-state index >= 15 is 0 Å². The fraction of sp³-hybridized carbons (Fsp3) is 0.393. The molecular weight excluding hydrogens is 456 g/mol. The van der Waals surface area contributed by atoms with Crippen LogP contribution in [0.25, 0.3) is 10.9 Å². The minimum Gasteiger partial charge on any atom is -0.489 e. The normalized spacial score (nSPS) is 24.2. The predicted molar refractivity (Wildman–Crippen MR) is 135 cm³/mol. The van der Waals surface area contributed by atoms with E-state index in [-0.39, 0.29) is 11.9 Å². The lowest BCUT2D eigenvalue weighted by atomic mass is 9.82. The van der Waals surface area contributed by atoms with Crippen LogP contribution in [0, 0.1) is 12.8 Å². The highest BCUT2D eigenvalue weighted by Gasteiger charge is 2.49. The summed E-state index contributed by atoms with van der Waals surface area (Å²) in [7, 11) is 0. The first-order valence-electron chi connectivity index (χ1n) is 12.5. The summed E-state index contributed by atoms with van der Waals surface area (Å²) in [5.74, 6) is -0.327. The average molecular weight is 489 g/mol. The van der Waals surface area contributed by atoms with Gasteiger partial charge in [-0.2, -0.15) is 0 Å². The Bertz CT molecular complexity index is 1280. The van der Waals surface area contributed by atoms with Gasteiger partial charge in [0.1, 0.15) is 17.9 Å². The number of fused-ring (bicyclic) bond motifs is 1. The number of hydroxylamine groups is 1. The van der Waals surface area contributed by atoms with Gasteiger partial charge in [0.25, 0.3) is 0 Å². The number of carbonyl (C=O) groups is 2. The molecule has 0 radical (unpaired) electrons. The number of likely N-dealkylation sites (tertiary alicyclic amines) is 1. The summed E-state index contributed by atoms with van der Waals surface area (Å²) in [6, 6.07) is 17.2. The topological polar surface area (TPSA) is 118 Å². The van der Waals surface area contributed by atoms with Crippen molar-refractivity contribution < 1.29 is 19.5 Å². The van der Waals surface area contributed by atoms with Crippen LogP contribution in [0.4, 0.5) is 0 Å². The lowest BCUT2D eigenvalue weighted by Gasteiger charge is -2.37. The molecule has 1 aromatic heterocycles. The number of para-hydroxylation sites is 1. The molecule has 8 heteroatoms. The number of rotatable bonds is 6. The molecule has 2 aliphatic rings. The van der Waals surface area contributed by atoms with E-state index < -0.39 is 17.4 Å². The van der Waals surface area contributed by atoms with Crippen LogP contribution in [0.1, 0.15) is 48.9 Å². The van der Waals surface area contributed by atoms with Crippen molar-refractivity contribution in [1.29, 1.82) is 0 Å². The molecule has 188 valence electrons. The van der Waals surface area contributed by atoms with Gasteiger partial charge in [0.2, 0.25) is 11.8 Å². The molecule has 1 aliphatic carbocycles. The molecule has 36 heavy (non-hydrogen) atoms. The van der Waals surface area contributed by atoms with Gasteiger partial charge in [-0.1, -0.05) is 43.2 Å². The third-order valence-electron chi connectivity index (χ3n) is 7.66. The van der Waals surface area contributed by atoms with E-state index in [2.05, 4.69) is 4.98 Å². The number of nitrogens with two attached hydrogens (primary N) is 1. The largest absolute Gasteiger partial charge is 0.489 e. The van der Waals surface area contributed by atoms with E-state index in [9.17, 15) is 9.59 Å². The van der Waals surface area contributed by atoms with Crippen molar-refractivity contribution >= 4 is 22.7 Å². The summed E-state index contributed by atoms with van der Waals surface area (Å²) in [5, 5.41) is 10.2. The van der Waals surface area contributed by atoms with E-state index in [1.54, 1.807) is 10.4 Å². The molecule has 1 aliphatic heterocycles. The summed E-state index contributed by atoms with van der Waals surface area (Å²) in [6.07, 6.45) is 3.70. The standard InChI is InChI=1S/C28H32N4O4/c1-18-16-19(22-6-2-4-8-24(22)30-18)17-36-21-12-10-20(11-13-21)28(29)14-15-32(27(28)34)25-9-5-3-7-23(25)26(33)31-35/h2,4,6,8,10-13,16,23,25,35H,3,5,7,9,14-15,17,29H2,1H3,(H,31,33)/t23-,25?,28?/m1/s1. The molecular formula is C28H32N4O4. The molecule has 3 atom stereocenters. The summed E-state index contributed by atoms with van der Waals surface area (Å²) in [6.45, 7) is 2.86. The van der Waals surface area contributed by atoms with Crippen molar-refractivity contribution in [1.82, 2.24) is 15.4 Å². The van der Waals surface area contributed by atoms with Gasteiger partial charge in [0.05, 0.1) is 11.4 Å². The third kappa shape index (κ3) is 4.42. The number of aryl methyl sites for hydroxylation is 1. The fourth-order valence-electron chi connectivity index (χ4n) is 5.74. The SMILES string of the molecule is Cc1cc(COc2ccc(C3(N)CCN(C4CCCC[C@H]4C(=O)NO)C3=O)cc2)c2ccccc2n1. The first-order chi connectivity index (χ1) is 17.4. The maximum Gasteiger partial charge on any atom is 0.248 e. The van der Waals surface area contributed by atoms with Crippen LogP contribution < -0.4 is 16.0 Å². The van der Waals surface area contributed by atoms with Gasteiger partial charge in [0.15, 0.2) is 0 Å². The highest BCUT2D eigenvalue weighted by Crippen LogP contribution is 2.38. The molecule has 2 unspecified atom stereocenters. The van der Waals surface area contributed by atoms with Crippen LogP contribution in [0.15, 0.2) is 54.6 Å². The van der Waals surface area contributed by atoms with Crippen LogP contribution in [0.5, 0.6) is 5.75 Å². The molecule has 1 saturated heterocycles. The molecule has 1 saturated carbocycles. The fourth-order valence-corrected chi connectivity index (χ4v) is 5.74. The molecule has 5 rings (SSSR count). The lowest BCUT2D eigenvalue weighted by Crippen LogP contribution is -2.52. The minimum absolute atomic E-state index is 0.169. The Labute approximate surface area is 210 Å². The van der Waals surface area contributed by atoms with E-state index in [4.69, 9.17) is 15.7 Å². The molecule has 4 N–H and O–H groups in total. The van der Waals surface area contributed by atoms with Crippen LogP contribution in [-0.4, -0.2) is 39.5 Å². The maximum atomic E-state index is 13.5. The van der Waals surface area contributed by atoms with Gasteiger partial charge >= 0.3 is 0 Å². The maximum absolute atomic E-state index is 13.5. The second kappa shape index (κ2) is 9.87. The summed E-state index contributed by atoms with van der Waals surface area (Å²) in [5.41, 5.74) is 11.0. The van der Waals surface area contributed by atoms with E-state index in [1.165, 1.54) is 0 Å². The zero-order valence-electron chi connectivity index (χ0n) is 20.4. The highest BCUT2D eigenvalue weighted by atomic mass is 16.5. The Morgan fingerprint density at radius 1 is 1.19 bits per heavy atom. The number of hydrogen-bond donors (Lipinski definition) is 3. The number of pyridine rings is 1. The molecule has 3 aromatic rings. The molecule has 2 aromatic carbocycles. The first-order valence-corrected chi connectivity index (χ1v) is 12.5. The molecule has 0 bridgehead atoms. The Morgan fingerprint density at radius 3 is 2.72 bits per heavy atom. The van der Waals surface area contributed by atoms with Gasteiger partial charge in [0, 0.05) is 29.2 Å². The van der Waals surface area contributed by atoms with Crippen molar-refractivity contribution in [2.75, 3.05) is 6.54 Å². The number of ether oxygens (including phenoxy) is 1. The number of aromatic nitrogens is 1. The number of nitrogens with one attached hydrogen (secondary N) is 1. The smallest absolute Gasteiger partial charge is 0.248 e. The second-order valence-electron chi connectivity index (χ2n) is 9.91. The van der Waals surface area contributed by atoms with Crippen LogP contribution in [0.3, 0.4) is 0 Å². The molecule has 8 nitrogen and oxygen atoms in total. The average Bonchev–Trinajstić information content (AvgIpc) is 3.21. The molecule has 0 spiro atoms. The highest BCUT2D eigenvalue weighted by molar-refractivity contribution is 5.90. The zero-order valence-corrected chi connectivity index (χ0v) is 20.4. The zero-order chi connectivity index (χ0) is 25.3. The van der Waals surface area contributed by atoms with E-state index in [0.717, 1.165) is 47.0 Å². The number of carbonyl (C=O) groups excluding carboxylic acids is 2. The van der Waals surface area contributed by atoms with Crippen LogP contribution in [0.2, 0.25) is 0 Å². The van der Waals surface area contributed by atoms with Crippen molar-refractivity contribution in [2.45, 2.75) is 57.2 Å². The molecule has 2 heterocycles. The summed E-state index contributed by atoms with van der Waals surface area (Å²) >= 11 is 0. The van der Waals surface area contributed by atoms with Gasteiger partial charge in [-0.3, -0.25) is 19.8 Å².